The fourth-order valence-corrected chi connectivity index (χ4v) is 1.43. The van der Waals surface area contributed by atoms with Crippen LogP contribution in [-0.4, -0.2) is 0 Å². The smallest absolute Gasteiger partial charge is 0.0357 e. The van der Waals surface area contributed by atoms with Gasteiger partial charge in [0.15, 0.2) is 0 Å². The summed E-state index contributed by atoms with van der Waals surface area (Å²) in [6, 6.07) is 0. The monoisotopic (exact) mass is 109 g/mol. The van der Waals surface area contributed by atoms with Gasteiger partial charge >= 0.3 is 0 Å². The summed E-state index contributed by atoms with van der Waals surface area (Å²) >= 11 is 0. The lowest BCUT2D eigenvalue weighted by molar-refractivity contribution is 0.497. The fourth-order valence-electron chi connectivity index (χ4n) is 1.43. The van der Waals surface area contributed by atoms with Gasteiger partial charge in [-0.05, 0) is 50.4 Å². The lowest BCUT2D eigenvalue weighted by Gasteiger charge is -2.04. The Morgan fingerprint density at radius 2 is 1.38 bits per heavy atom. The van der Waals surface area contributed by atoms with Crippen LogP contribution in [0.3, 0.4) is 0 Å². The van der Waals surface area contributed by atoms with Crippen LogP contribution in [0, 0.1) is 24.7 Å². The second-order valence-corrected chi connectivity index (χ2v) is 3.34. The van der Waals surface area contributed by atoms with Crippen molar-refractivity contribution in [2.45, 2.75) is 25.7 Å². The van der Waals surface area contributed by atoms with Gasteiger partial charge in [0.25, 0.3) is 0 Å². The van der Waals surface area contributed by atoms with E-state index >= 15 is 0 Å². The molecule has 0 aliphatic heterocycles. The van der Waals surface area contributed by atoms with E-state index in [9.17, 15) is 0 Å². The standard InChI is InChI=1S/C8H13/c1-6(7-2-3-7)8-4-5-8/h6-8H,1-5H2. The van der Waals surface area contributed by atoms with Crippen molar-refractivity contribution in [3.05, 3.63) is 6.92 Å². The number of hydrogen-bond acceptors (Lipinski definition) is 0. The molecule has 0 N–H and O–H groups in total. The zero-order valence-corrected chi connectivity index (χ0v) is 5.27. The Morgan fingerprint density at radius 3 is 1.62 bits per heavy atom. The Kier molecular flexibility index (Phi) is 0.902. The van der Waals surface area contributed by atoms with E-state index in [0.29, 0.717) is 0 Å². The van der Waals surface area contributed by atoms with Crippen LogP contribution < -0.4 is 0 Å². The molecule has 2 rings (SSSR count). The largest absolute Gasteiger partial charge is 0.0499 e. The molecule has 0 atom stereocenters. The molecule has 0 heteroatoms. The van der Waals surface area contributed by atoms with Gasteiger partial charge < -0.3 is 0 Å². The van der Waals surface area contributed by atoms with E-state index in [-0.39, 0.29) is 0 Å². The quantitative estimate of drug-likeness (QED) is 0.510. The minimum absolute atomic E-state index is 0.843. The number of hydrogen-bond donors (Lipinski definition) is 0. The van der Waals surface area contributed by atoms with Gasteiger partial charge in [-0.25, -0.2) is 0 Å². The van der Waals surface area contributed by atoms with Crippen LogP contribution in [0.2, 0.25) is 0 Å². The molecule has 45 valence electrons. The maximum absolute atomic E-state index is 4.16. The highest BCUT2D eigenvalue weighted by Crippen LogP contribution is 2.48. The fraction of sp³-hybridized carbons (Fsp3) is 0.875. The van der Waals surface area contributed by atoms with Crippen LogP contribution in [0.5, 0.6) is 0 Å². The molecule has 0 unspecified atom stereocenters. The van der Waals surface area contributed by atoms with Crippen LogP contribution in [0.4, 0.5) is 0 Å². The van der Waals surface area contributed by atoms with E-state index in [2.05, 4.69) is 6.92 Å². The second kappa shape index (κ2) is 1.49. The predicted octanol–water partition coefficient (Wildman–Crippen LogP) is 2.26. The Labute approximate surface area is 51.3 Å². The molecular formula is C8H13. The van der Waals surface area contributed by atoms with E-state index in [0.717, 1.165) is 17.8 Å². The first-order valence-electron chi connectivity index (χ1n) is 3.71. The molecule has 0 amide bonds. The average molecular weight is 109 g/mol. The van der Waals surface area contributed by atoms with Crippen molar-refractivity contribution in [1.29, 1.82) is 0 Å². The third kappa shape index (κ3) is 0.765. The summed E-state index contributed by atoms with van der Waals surface area (Å²) in [6.45, 7) is 4.16. The topological polar surface area (TPSA) is 0 Å². The highest BCUT2D eigenvalue weighted by atomic mass is 14.4. The highest BCUT2D eigenvalue weighted by Gasteiger charge is 2.38. The SMILES string of the molecule is [CH2]C(C1CC1)C1CC1. The molecule has 0 aromatic heterocycles. The molecule has 0 nitrogen and oxygen atoms in total. The lowest BCUT2D eigenvalue weighted by Crippen LogP contribution is -1.98. The molecule has 2 aliphatic rings. The summed E-state index contributed by atoms with van der Waals surface area (Å²) in [5.74, 6) is 2.93. The third-order valence-corrected chi connectivity index (χ3v) is 2.46. The molecule has 0 bridgehead atoms. The van der Waals surface area contributed by atoms with E-state index in [1.807, 2.05) is 0 Å². The van der Waals surface area contributed by atoms with Crippen molar-refractivity contribution < 1.29 is 0 Å². The predicted molar refractivity (Wildman–Crippen MR) is 34.3 cm³/mol. The Hall–Kier alpha value is 0. The van der Waals surface area contributed by atoms with Crippen molar-refractivity contribution in [1.82, 2.24) is 0 Å². The van der Waals surface area contributed by atoms with E-state index in [4.69, 9.17) is 0 Å². The normalized spacial score (nSPS) is 29.2. The molecule has 0 aromatic rings. The van der Waals surface area contributed by atoms with Crippen LogP contribution in [-0.2, 0) is 0 Å². The maximum atomic E-state index is 4.16. The van der Waals surface area contributed by atoms with Gasteiger partial charge in [-0.2, -0.15) is 0 Å². The van der Waals surface area contributed by atoms with Gasteiger partial charge in [-0.1, -0.05) is 0 Å². The molecule has 2 saturated carbocycles. The molecule has 2 aliphatic carbocycles. The van der Waals surface area contributed by atoms with Crippen molar-refractivity contribution >= 4 is 0 Å². The molecule has 0 saturated heterocycles. The Morgan fingerprint density at radius 1 is 1.00 bits per heavy atom. The third-order valence-electron chi connectivity index (χ3n) is 2.46. The van der Waals surface area contributed by atoms with Gasteiger partial charge in [-0.3, -0.25) is 0 Å². The van der Waals surface area contributed by atoms with E-state index in [1.165, 1.54) is 25.7 Å². The van der Waals surface area contributed by atoms with Gasteiger partial charge in [0, 0.05) is 0 Å². The average Bonchev–Trinajstić information content (AvgIpc) is 2.63. The molecule has 1 radical (unpaired) electrons. The van der Waals surface area contributed by atoms with Gasteiger partial charge in [0.2, 0.25) is 0 Å². The first-order chi connectivity index (χ1) is 3.88. The summed E-state index contributed by atoms with van der Waals surface area (Å²) in [7, 11) is 0. The van der Waals surface area contributed by atoms with Crippen molar-refractivity contribution in [2.75, 3.05) is 0 Å². The Balaban J connectivity index is 1.84. The Bertz CT molecular complexity index is 76.2. The molecule has 2 fully saturated rings. The maximum Gasteiger partial charge on any atom is -0.0357 e. The van der Waals surface area contributed by atoms with Crippen molar-refractivity contribution in [2.24, 2.45) is 17.8 Å². The minimum atomic E-state index is 0.843. The molecule has 8 heavy (non-hydrogen) atoms. The van der Waals surface area contributed by atoms with Crippen molar-refractivity contribution in [3.63, 3.8) is 0 Å². The van der Waals surface area contributed by atoms with Crippen molar-refractivity contribution in [3.8, 4) is 0 Å². The summed E-state index contributed by atoms with van der Waals surface area (Å²) in [4.78, 5) is 0. The molecule has 0 heterocycles. The van der Waals surface area contributed by atoms with Crippen LogP contribution in [0.25, 0.3) is 0 Å². The summed E-state index contributed by atoms with van der Waals surface area (Å²) in [5, 5.41) is 0. The van der Waals surface area contributed by atoms with Gasteiger partial charge in [0.1, 0.15) is 0 Å². The van der Waals surface area contributed by atoms with Crippen LogP contribution in [0.1, 0.15) is 25.7 Å². The van der Waals surface area contributed by atoms with Gasteiger partial charge in [-0.15, -0.1) is 0 Å². The molecule has 0 spiro atoms. The number of rotatable bonds is 2. The first-order valence-corrected chi connectivity index (χ1v) is 3.71. The second-order valence-electron chi connectivity index (χ2n) is 3.34. The van der Waals surface area contributed by atoms with Gasteiger partial charge in [0.05, 0.1) is 0 Å². The van der Waals surface area contributed by atoms with E-state index in [1.54, 1.807) is 0 Å². The molecular weight excluding hydrogens is 96.1 g/mol. The summed E-state index contributed by atoms with van der Waals surface area (Å²) < 4.78 is 0. The zero-order chi connectivity index (χ0) is 5.56. The first kappa shape index (κ1) is 4.84. The van der Waals surface area contributed by atoms with Crippen LogP contribution in [0.15, 0.2) is 0 Å². The van der Waals surface area contributed by atoms with E-state index < -0.39 is 0 Å². The van der Waals surface area contributed by atoms with Crippen LogP contribution >= 0.6 is 0 Å². The minimum Gasteiger partial charge on any atom is -0.0499 e. The summed E-state index contributed by atoms with van der Waals surface area (Å²) in [5.41, 5.74) is 0. The highest BCUT2D eigenvalue weighted by molar-refractivity contribution is 4.92. The summed E-state index contributed by atoms with van der Waals surface area (Å²) in [6.07, 6.45) is 5.91. The lowest BCUT2D eigenvalue weighted by atomic mass is 10.0. The zero-order valence-electron chi connectivity index (χ0n) is 5.27. The molecule has 0 aromatic carbocycles.